The topological polar surface area (TPSA) is 33.0 Å². The highest BCUT2D eigenvalue weighted by Gasteiger charge is 2.07. The van der Waals surface area contributed by atoms with Gasteiger partial charge in [0.1, 0.15) is 16.7 Å². The predicted molar refractivity (Wildman–Crippen MR) is 57.8 cm³/mol. The molecule has 0 saturated carbocycles. The number of ether oxygens (including phenoxy) is 1. The standard InChI is InChI=1S/C11H9NOS/c1-7-9-4-3-8(13-2)5-10(9)14-11(7)6-12/h3-5H,1-2H3. The first-order valence-electron chi connectivity index (χ1n) is 4.23. The molecule has 3 heteroatoms. The van der Waals surface area contributed by atoms with E-state index in [1.54, 1.807) is 7.11 Å². The molecule has 0 N–H and O–H groups in total. The highest BCUT2D eigenvalue weighted by Crippen LogP contribution is 2.32. The van der Waals surface area contributed by atoms with Gasteiger partial charge in [0.2, 0.25) is 0 Å². The molecule has 1 aromatic carbocycles. The summed E-state index contributed by atoms with van der Waals surface area (Å²) in [5.74, 6) is 0.836. The van der Waals surface area contributed by atoms with Gasteiger partial charge >= 0.3 is 0 Å². The van der Waals surface area contributed by atoms with Crippen molar-refractivity contribution in [1.82, 2.24) is 0 Å². The Hall–Kier alpha value is -1.53. The van der Waals surface area contributed by atoms with Crippen molar-refractivity contribution in [2.24, 2.45) is 0 Å². The van der Waals surface area contributed by atoms with Crippen molar-refractivity contribution in [2.75, 3.05) is 7.11 Å². The smallest absolute Gasteiger partial charge is 0.120 e. The number of hydrogen-bond donors (Lipinski definition) is 0. The van der Waals surface area contributed by atoms with E-state index in [0.717, 1.165) is 26.3 Å². The molecule has 2 rings (SSSR count). The van der Waals surface area contributed by atoms with E-state index in [9.17, 15) is 0 Å². The van der Waals surface area contributed by atoms with Crippen LogP contribution >= 0.6 is 11.3 Å². The van der Waals surface area contributed by atoms with E-state index in [2.05, 4.69) is 6.07 Å². The monoisotopic (exact) mass is 203 g/mol. The minimum absolute atomic E-state index is 0.785. The van der Waals surface area contributed by atoms with Crippen LogP contribution in [-0.2, 0) is 0 Å². The van der Waals surface area contributed by atoms with E-state index in [-0.39, 0.29) is 0 Å². The fourth-order valence-corrected chi connectivity index (χ4v) is 2.47. The van der Waals surface area contributed by atoms with Crippen molar-refractivity contribution in [3.05, 3.63) is 28.6 Å². The second kappa shape index (κ2) is 3.32. The maximum absolute atomic E-state index is 8.88. The lowest BCUT2D eigenvalue weighted by molar-refractivity contribution is 0.415. The minimum atomic E-state index is 0.785. The Morgan fingerprint density at radius 3 is 2.86 bits per heavy atom. The first kappa shape index (κ1) is 9.04. The van der Waals surface area contributed by atoms with E-state index in [4.69, 9.17) is 10.00 Å². The Morgan fingerprint density at radius 2 is 2.21 bits per heavy atom. The average Bonchev–Trinajstić information content (AvgIpc) is 2.55. The fourth-order valence-electron chi connectivity index (χ4n) is 1.44. The van der Waals surface area contributed by atoms with Crippen LogP contribution in [0.15, 0.2) is 18.2 Å². The molecule has 0 atom stereocenters. The van der Waals surface area contributed by atoms with Crippen LogP contribution in [0.2, 0.25) is 0 Å². The molecule has 0 aliphatic rings. The summed E-state index contributed by atoms with van der Waals surface area (Å²) in [6.45, 7) is 1.98. The molecule has 2 aromatic rings. The van der Waals surface area contributed by atoms with Crippen molar-refractivity contribution < 1.29 is 4.74 Å². The quantitative estimate of drug-likeness (QED) is 0.713. The minimum Gasteiger partial charge on any atom is -0.497 e. The maximum Gasteiger partial charge on any atom is 0.120 e. The van der Waals surface area contributed by atoms with Crippen molar-refractivity contribution in [3.63, 3.8) is 0 Å². The average molecular weight is 203 g/mol. The summed E-state index contributed by atoms with van der Waals surface area (Å²) < 4.78 is 6.24. The Balaban J connectivity index is 2.74. The third kappa shape index (κ3) is 1.24. The molecule has 0 aliphatic heterocycles. The number of fused-ring (bicyclic) bond motifs is 1. The van der Waals surface area contributed by atoms with Gasteiger partial charge in [-0.1, -0.05) is 0 Å². The van der Waals surface area contributed by atoms with E-state index in [1.165, 1.54) is 11.3 Å². The second-order valence-corrected chi connectivity index (χ2v) is 4.08. The summed E-state index contributed by atoms with van der Waals surface area (Å²) in [5, 5.41) is 10.0. The highest BCUT2D eigenvalue weighted by molar-refractivity contribution is 7.19. The Kier molecular flexibility index (Phi) is 2.14. The molecule has 0 radical (unpaired) electrons. The number of aryl methyl sites for hydroxylation is 1. The SMILES string of the molecule is COc1ccc2c(C)c(C#N)sc2c1. The largest absolute Gasteiger partial charge is 0.497 e. The molecule has 70 valence electrons. The zero-order valence-electron chi connectivity index (χ0n) is 8.00. The van der Waals surface area contributed by atoms with Crippen LogP contribution in [0.4, 0.5) is 0 Å². The van der Waals surface area contributed by atoms with Gasteiger partial charge in [0.05, 0.1) is 7.11 Å². The van der Waals surface area contributed by atoms with Crippen molar-refractivity contribution in [3.8, 4) is 11.8 Å². The molecule has 1 heterocycles. The summed E-state index contributed by atoms with van der Waals surface area (Å²) in [4.78, 5) is 0.785. The van der Waals surface area contributed by atoms with E-state index in [0.29, 0.717) is 0 Å². The van der Waals surface area contributed by atoms with Crippen LogP contribution in [0.3, 0.4) is 0 Å². The molecule has 0 fully saturated rings. The van der Waals surface area contributed by atoms with Gasteiger partial charge in [-0.2, -0.15) is 5.26 Å². The first-order valence-corrected chi connectivity index (χ1v) is 5.05. The van der Waals surface area contributed by atoms with Crippen LogP contribution in [0.25, 0.3) is 10.1 Å². The summed E-state index contributed by atoms with van der Waals surface area (Å²) in [6.07, 6.45) is 0. The van der Waals surface area contributed by atoms with Gasteiger partial charge in [-0.15, -0.1) is 11.3 Å². The molecule has 14 heavy (non-hydrogen) atoms. The number of nitriles is 1. The van der Waals surface area contributed by atoms with Crippen LogP contribution in [-0.4, -0.2) is 7.11 Å². The third-order valence-electron chi connectivity index (χ3n) is 2.25. The van der Waals surface area contributed by atoms with Gasteiger partial charge in [-0.05, 0) is 36.1 Å². The van der Waals surface area contributed by atoms with E-state index >= 15 is 0 Å². The molecular weight excluding hydrogens is 194 g/mol. The Labute approximate surface area is 86.4 Å². The number of nitrogens with zero attached hydrogens (tertiary/aromatic N) is 1. The zero-order chi connectivity index (χ0) is 10.1. The summed E-state index contributed by atoms with van der Waals surface area (Å²) in [5.41, 5.74) is 1.06. The predicted octanol–water partition coefficient (Wildman–Crippen LogP) is 3.09. The van der Waals surface area contributed by atoms with Gasteiger partial charge in [0.15, 0.2) is 0 Å². The molecule has 0 amide bonds. The van der Waals surface area contributed by atoms with Crippen LogP contribution < -0.4 is 4.74 Å². The number of thiophene rings is 1. The van der Waals surface area contributed by atoms with Crippen LogP contribution in [0, 0.1) is 18.3 Å². The van der Waals surface area contributed by atoms with Gasteiger partial charge in [0.25, 0.3) is 0 Å². The summed E-state index contributed by atoms with van der Waals surface area (Å²) >= 11 is 1.51. The molecule has 1 aromatic heterocycles. The number of benzene rings is 1. The van der Waals surface area contributed by atoms with E-state index in [1.807, 2.05) is 25.1 Å². The van der Waals surface area contributed by atoms with E-state index < -0.39 is 0 Å². The molecule has 0 saturated heterocycles. The lowest BCUT2D eigenvalue weighted by Crippen LogP contribution is -1.80. The number of hydrogen-bond acceptors (Lipinski definition) is 3. The van der Waals surface area contributed by atoms with Crippen LogP contribution in [0.1, 0.15) is 10.4 Å². The summed E-state index contributed by atoms with van der Waals surface area (Å²) in [7, 11) is 1.65. The number of rotatable bonds is 1. The lowest BCUT2D eigenvalue weighted by atomic mass is 10.1. The number of methoxy groups -OCH3 is 1. The maximum atomic E-state index is 8.88. The summed E-state index contributed by atoms with van der Waals surface area (Å²) in [6, 6.07) is 8.09. The van der Waals surface area contributed by atoms with Gasteiger partial charge in [0, 0.05) is 4.70 Å². The highest BCUT2D eigenvalue weighted by atomic mass is 32.1. The Bertz CT molecular complexity index is 522. The molecule has 0 unspecified atom stereocenters. The van der Waals surface area contributed by atoms with Crippen LogP contribution in [0.5, 0.6) is 5.75 Å². The van der Waals surface area contributed by atoms with Gasteiger partial charge < -0.3 is 4.74 Å². The third-order valence-corrected chi connectivity index (χ3v) is 3.41. The zero-order valence-corrected chi connectivity index (χ0v) is 8.81. The second-order valence-electron chi connectivity index (χ2n) is 3.03. The fraction of sp³-hybridized carbons (Fsp3) is 0.182. The first-order chi connectivity index (χ1) is 6.76. The van der Waals surface area contributed by atoms with Crippen molar-refractivity contribution in [2.45, 2.75) is 6.92 Å². The molecule has 0 bridgehead atoms. The normalized spacial score (nSPS) is 10.1. The van der Waals surface area contributed by atoms with Crippen molar-refractivity contribution >= 4 is 21.4 Å². The van der Waals surface area contributed by atoms with Crippen molar-refractivity contribution in [1.29, 1.82) is 5.26 Å². The molecule has 0 spiro atoms. The molecule has 2 nitrogen and oxygen atoms in total. The lowest BCUT2D eigenvalue weighted by Gasteiger charge is -1.98. The van der Waals surface area contributed by atoms with Gasteiger partial charge in [-0.25, -0.2) is 0 Å². The Morgan fingerprint density at radius 1 is 1.43 bits per heavy atom. The molecule has 0 aliphatic carbocycles. The van der Waals surface area contributed by atoms with Gasteiger partial charge in [-0.3, -0.25) is 0 Å². The molecular formula is C11H9NOS.